The fourth-order valence-electron chi connectivity index (χ4n) is 4.63. The number of para-hydroxylation sites is 1. The first kappa shape index (κ1) is 25.7. The molecule has 190 valence electrons. The maximum Gasteiger partial charge on any atom is 0.272 e. The summed E-state index contributed by atoms with van der Waals surface area (Å²) in [7, 11) is 1.70. The SMILES string of the molecule is CN1C(=O)[C@@H](NC(=O)[C@H](Cc2ccc(Cl)c(Cl)c2)c2ccccc2)N=C(c2ccccc2)c2ccccc21. The minimum absolute atomic E-state index is 0.309. The van der Waals surface area contributed by atoms with Crippen molar-refractivity contribution in [1.29, 1.82) is 0 Å². The lowest BCUT2D eigenvalue weighted by Crippen LogP contribution is -2.47. The van der Waals surface area contributed by atoms with Crippen LogP contribution in [-0.4, -0.2) is 30.7 Å². The summed E-state index contributed by atoms with van der Waals surface area (Å²) in [5.74, 6) is -1.21. The molecule has 2 amide bonds. The van der Waals surface area contributed by atoms with Crippen molar-refractivity contribution in [2.75, 3.05) is 11.9 Å². The van der Waals surface area contributed by atoms with Crippen LogP contribution >= 0.6 is 23.2 Å². The van der Waals surface area contributed by atoms with Crippen LogP contribution in [0.25, 0.3) is 0 Å². The third kappa shape index (κ3) is 5.35. The average molecular weight is 542 g/mol. The summed E-state index contributed by atoms with van der Waals surface area (Å²) in [6.45, 7) is 0. The Bertz CT molecular complexity index is 1510. The first-order valence-electron chi connectivity index (χ1n) is 12.2. The van der Waals surface area contributed by atoms with Gasteiger partial charge in [0.15, 0.2) is 0 Å². The van der Waals surface area contributed by atoms with Gasteiger partial charge < -0.3 is 10.2 Å². The van der Waals surface area contributed by atoms with E-state index >= 15 is 0 Å². The average Bonchev–Trinajstić information content (AvgIpc) is 3.05. The molecule has 1 heterocycles. The molecule has 0 spiro atoms. The van der Waals surface area contributed by atoms with E-state index < -0.39 is 12.1 Å². The Labute approximate surface area is 231 Å². The first-order chi connectivity index (χ1) is 18.4. The highest BCUT2D eigenvalue weighted by molar-refractivity contribution is 6.42. The Morgan fingerprint density at radius 2 is 1.55 bits per heavy atom. The standard InChI is InChI=1S/C31H25Cl2N3O2/c1-36-27-15-9-8-14-23(27)28(22-12-6-3-7-13-22)34-29(31(36)38)35-30(37)24(21-10-4-2-5-11-21)18-20-16-17-25(32)26(33)19-20/h2-17,19,24,29H,18H2,1H3,(H,35,37)/t24-,29-/m1/s1. The molecule has 0 radical (unpaired) electrons. The molecule has 0 bridgehead atoms. The number of anilines is 1. The van der Waals surface area contributed by atoms with Gasteiger partial charge in [0, 0.05) is 18.2 Å². The van der Waals surface area contributed by atoms with E-state index in [0.29, 0.717) is 22.2 Å². The van der Waals surface area contributed by atoms with Crippen LogP contribution in [0.1, 0.15) is 28.2 Å². The first-order valence-corrected chi connectivity index (χ1v) is 13.0. The van der Waals surface area contributed by atoms with Gasteiger partial charge in [-0.3, -0.25) is 9.59 Å². The monoisotopic (exact) mass is 541 g/mol. The van der Waals surface area contributed by atoms with Gasteiger partial charge in [0.2, 0.25) is 12.1 Å². The molecule has 38 heavy (non-hydrogen) atoms. The molecule has 0 aliphatic carbocycles. The van der Waals surface area contributed by atoms with Gasteiger partial charge in [-0.15, -0.1) is 0 Å². The number of rotatable bonds is 6. The predicted octanol–water partition coefficient (Wildman–Crippen LogP) is 6.28. The molecule has 7 heteroatoms. The number of hydrogen-bond acceptors (Lipinski definition) is 3. The molecule has 5 rings (SSSR count). The highest BCUT2D eigenvalue weighted by atomic mass is 35.5. The fraction of sp³-hybridized carbons (Fsp3) is 0.129. The molecule has 0 saturated heterocycles. The minimum atomic E-state index is -1.10. The van der Waals surface area contributed by atoms with Crippen LogP contribution in [0.2, 0.25) is 10.0 Å². The Morgan fingerprint density at radius 1 is 0.895 bits per heavy atom. The van der Waals surface area contributed by atoms with Crippen molar-refractivity contribution in [3.63, 3.8) is 0 Å². The number of hydrogen-bond donors (Lipinski definition) is 1. The lowest BCUT2D eigenvalue weighted by Gasteiger charge is -2.23. The molecule has 4 aromatic carbocycles. The Morgan fingerprint density at radius 3 is 2.26 bits per heavy atom. The lowest BCUT2D eigenvalue weighted by atomic mass is 9.91. The number of likely N-dealkylation sites (N-methyl/N-ethyl adjacent to an activating group) is 1. The number of halogens is 2. The van der Waals surface area contributed by atoms with E-state index in [1.165, 1.54) is 0 Å². The van der Waals surface area contributed by atoms with Crippen LogP contribution in [0, 0.1) is 0 Å². The number of fused-ring (bicyclic) bond motifs is 1. The second-order valence-electron chi connectivity index (χ2n) is 9.09. The second kappa shape index (κ2) is 11.2. The molecule has 0 aromatic heterocycles. The van der Waals surface area contributed by atoms with Crippen molar-refractivity contribution >= 4 is 46.4 Å². The summed E-state index contributed by atoms with van der Waals surface area (Å²) in [6, 6.07) is 32.1. The quantitative estimate of drug-likeness (QED) is 0.312. The number of benzene rings is 4. The molecule has 5 nitrogen and oxygen atoms in total. The van der Waals surface area contributed by atoms with Crippen molar-refractivity contribution < 1.29 is 9.59 Å². The molecule has 4 aromatic rings. The third-order valence-electron chi connectivity index (χ3n) is 6.61. The van der Waals surface area contributed by atoms with Crippen LogP contribution in [-0.2, 0) is 16.0 Å². The van der Waals surface area contributed by atoms with Gasteiger partial charge in [0.25, 0.3) is 5.91 Å². The molecule has 0 unspecified atom stereocenters. The van der Waals surface area contributed by atoms with Crippen molar-refractivity contribution in [2.45, 2.75) is 18.5 Å². The van der Waals surface area contributed by atoms with Crippen LogP contribution in [0.15, 0.2) is 108 Å². The summed E-state index contributed by atoms with van der Waals surface area (Å²) in [6.07, 6.45) is -0.728. The van der Waals surface area contributed by atoms with Crippen molar-refractivity contribution in [1.82, 2.24) is 5.32 Å². The number of carbonyl (C=O) groups is 2. The largest absolute Gasteiger partial charge is 0.326 e. The smallest absolute Gasteiger partial charge is 0.272 e. The molecular formula is C31H25Cl2N3O2. The number of carbonyl (C=O) groups excluding carboxylic acids is 2. The number of benzodiazepines with no additional fused rings is 1. The topological polar surface area (TPSA) is 61.8 Å². The van der Waals surface area contributed by atoms with Crippen molar-refractivity contribution in [3.05, 3.63) is 135 Å². The molecule has 2 atom stereocenters. The lowest BCUT2D eigenvalue weighted by molar-refractivity contribution is -0.128. The van der Waals surface area contributed by atoms with E-state index in [0.717, 1.165) is 27.9 Å². The Balaban J connectivity index is 1.52. The number of amides is 2. The van der Waals surface area contributed by atoms with Crippen LogP contribution in [0.3, 0.4) is 0 Å². The summed E-state index contributed by atoms with van der Waals surface area (Å²) >= 11 is 12.4. The van der Waals surface area contributed by atoms with Crippen molar-refractivity contribution in [3.8, 4) is 0 Å². The van der Waals surface area contributed by atoms with Crippen LogP contribution in [0.4, 0.5) is 5.69 Å². The summed E-state index contributed by atoms with van der Waals surface area (Å²) in [5.41, 5.74) is 4.73. The van der Waals surface area contributed by atoms with Gasteiger partial charge in [-0.05, 0) is 35.7 Å². The van der Waals surface area contributed by atoms with Gasteiger partial charge in [-0.1, -0.05) is 108 Å². The molecule has 0 saturated carbocycles. The Kier molecular flexibility index (Phi) is 7.59. The fourth-order valence-corrected chi connectivity index (χ4v) is 4.95. The van der Waals surface area contributed by atoms with Gasteiger partial charge in [0.1, 0.15) is 0 Å². The zero-order chi connectivity index (χ0) is 26.6. The second-order valence-corrected chi connectivity index (χ2v) is 9.90. The van der Waals surface area contributed by atoms with E-state index in [1.54, 1.807) is 24.1 Å². The molecule has 1 aliphatic rings. The third-order valence-corrected chi connectivity index (χ3v) is 7.35. The van der Waals surface area contributed by atoms with Crippen LogP contribution < -0.4 is 10.2 Å². The molecule has 0 fully saturated rings. The predicted molar refractivity (Wildman–Crippen MR) is 153 cm³/mol. The zero-order valence-electron chi connectivity index (χ0n) is 20.6. The highest BCUT2D eigenvalue weighted by Crippen LogP contribution is 2.29. The van der Waals surface area contributed by atoms with E-state index in [1.807, 2.05) is 91.0 Å². The molecule has 1 aliphatic heterocycles. The van der Waals surface area contributed by atoms with E-state index in [9.17, 15) is 9.59 Å². The zero-order valence-corrected chi connectivity index (χ0v) is 22.2. The van der Waals surface area contributed by atoms with Crippen LogP contribution in [0.5, 0.6) is 0 Å². The van der Waals surface area contributed by atoms with Gasteiger partial charge in [-0.25, -0.2) is 4.99 Å². The molecular weight excluding hydrogens is 517 g/mol. The highest BCUT2D eigenvalue weighted by Gasteiger charge is 2.33. The maximum atomic E-state index is 13.8. The number of nitrogens with zero attached hydrogens (tertiary/aromatic N) is 2. The summed E-state index contributed by atoms with van der Waals surface area (Å²) in [5, 5.41) is 3.81. The number of nitrogens with one attached hydrogen (secondary N) is 1. The Hall–Kier alpha value is -3.93. The van der Waals surface area contributed by atoms with Gasteiger partial charge in [0.05, 0.1) is 27.4 Å². The van der Waals surface area contributed by atoms with E-state index in [-0.39, 0.29) is 11.8 Å². The minimum Gasteiger partial charge on any atom is -0.326 e. The van der Waals surface area contributed by atoms with Crippen molar-refractivity contribution in [2.24, 2.45) is 4.99 Å². The summed E-state index contributed by atoms with van der Waals surface area (Å²) in [4.78, 5) is 33.8. The maximum absolute atomic E-state index is 13.8. The van der Waals surface area contributed by atoms with Gasteiger partial charge >= 0.3 is 0 Å². The van der Waals surface area contributed by atoms with E-state index in [2.05, 4.69) is 5.32 Å². The summed E-state index contributed by atoms with van der Waals surface area (Å²) < 4.78 is 0. The normalized spacial score (nSPS) is 15.8. The van der Waals surface area contributed by atoms with E-state index in [4.69, 9.17) is 28.2 Å². The molecule has 1 N–H and O–H groups in total. The van der Waals surface area contributed by atoms with Gasteiger partial charge in [-0.2, -0.15) is 0 Å². The number of aliphatic imine (C=N–C) groups is 1.